The number of hydrogen-bond donors (Lipinski definition) is 2. The van der Waals surface area contributed by atoms with Crippen LogP contribution in [0.3, 0.4) is 0 Å². The van der Waals surface area contributed by atoms with Gasteiger partial charge in [-0.1, -0.05) is 19.1 Å². The van der Waals surface area contributed by atoms with Gasteiger partial charge in [-0.05, 0) is 36.2 Å². The number of amides is 1. The number of nitro benzene ring substituents is 1. The van der Waals surface area contributed by atoms with Crippen LogP contribution in [0.2, 0.25) is 0 Å². The second-order valence-electron chi connectivity index (χ2n) is 6.08. The van der Waals surface area contributed by atoms with Crippen molar-refractivity contribution < 1.29 is 24.4 Å². The molecule has 8 heteroatoms. The summed E-state index contributed by atoms with van der Waals surface area (Å²) in [5.41, 5.74) is 1.05. The molecule has 0 heterocycles. The van der Waals surface area contributed by atoms with Crippen LogP contribution in [0.25, 0.3) is 0 Å². The highest BCUT2D eigenvalue weighted by molar-refractivity contribution is 5.95. The lowest BCUT2D eigenvalue weighted by molar-refractivity contribution is -0.384. The van der Waals surface area contributed by atoms with Gasteiger partial charge in [-0.15, -0.1) is 0 Å². The quantitative estimate of drug-likeness (QED) is 0.543. The van der Waals surface area contributed by atoms with E-state index in [2.05, 4.69) is 5.32 Å². The molecule has 0 radical (unpaired) electrons. The molecule has 0 aromatic heterocycles. The normalized spacial score (nSPS) is 12.7. The van der Waals surface area contributed by atoms with E-state index in [1.54, 1.807) is 38.3 Å². The van der Waals surface area contributed by atoms with Crippen LogP contribution in [-0.2, 0) is 16.0 Å². The van der Waals surface area contributed by atoms with Gasteiger partial charge in [0.25, 0.3) is 5.69 Å². The number of carbonyl (C=O) groups is 2. The number of ether oxygens (including phenoxy) is 1. The number of carboxylic acids is 1. The first-order valence-corrected chi connectivity index (χ1v) is 8.23. The summed E-state index contributed by atoms with van der Waals surface area (Å²) in [6, 6.07) is 12.3. The minimum absolute atomic E-state index is 0.0936. The number of rotatable bonds is 8. The van der Waals surface area contributed by atoms with Crippen LogP contribution < -0.4 is 10.1 Å². The molecular formula is C19H20N2O6. The fourth-order valence-corrected chi connectivity index (χ4v) is 2.60. The molecule has 2 atom stereocenters. The molecule has 1 amide bonds. The molecule has 2 aromatic rings. The zero-order chi connectivity index (χ0) is 20.0. The van der Waals surface area contributed by atoms with Crippen LogP contribution in [0, 0.1) is 22.0 Å². The molecule has 0 aliphatic rings. The lowest BCUT2D eigenvalue weighted by Crippen LogP contribution is -2.33. The van der Waals surface area contributed by atoms with E-state index < -0.39 is 28.6 Å². The average Bonchev–Trinajstić information content (AvgIpc) is 2.66. The summed E-state index contributed by atoms with van der Waals surface area (Å²) in [4.78, 5) is 34.2. The van der Waals surface area contributed by atoms with Gasteiger partial charge in [-0.2, -0.15) is 0 Å². The van der Waals surface area contributed by atoms with Gasteiger partial charge in [0.05, 0.1) is 18.0 Å². The third-order valence-corrected chi connectivity index (χ3v) is 4.29. The van der Waals surface area contributed by atoms with E-state index in [1.807, 2.05) is 0 Å². The Hall–Kier alpha value is -3.42. The number of carboxylic acid groups (broad SMARTS) is 1. The first kappa shape index (κ1) is 19.9. The van der Waals surface area contributed by atoms with Crippen LogP contribution in [0.5, 0.6) is 5.75 Å². The van der Waals surface area contributed by atoms with Crippen molar-refractivity contribution in [3.63, 3.8) is 0 Å². The molecule has 8 nitrogen and oxygen atoms in total. The van der Waals surface area contributed by atoms with E-state index in [0.717, 1.165) is 5.56 Å². The summed E-state index contributed by atoms with van der Waals surface area (Å²) in [7, 11) is 1.54. The van der Waals surface area contributed by atoms with Crippen molar-refractivity contribution in [2.75, 3.05) is 12.4 Å². The van der Waals surface area contributed by atoms with E-state index in [9.17, 15) is 24.8 Å². The monoisotopic (exact) mass is 372 g/mol. The van der Waals surface area contributed by atoms with E-state index >= 15 is 0 Å². The predicted molar refractivity (Wildman–Crippen MR) is 98.7 cm³/mol. The first-order chi connectivity index (χ1) is 12.8. The Morgan fingerprint density at radius 2 is 1.74 bits per heavy atom. The Bertz CT molecular complexity index is 817. The van der Waals surface area contributed by atoms with Crippen LogP contribution in [-0.4, -0.2) is 29.0 Å². The molecule has 0 bridgehead atoms. The Morgan fingerprint density at radius 1 is 1.15 bits per heavy atom. The third kappa shape index (κ3) is 5.27. The standard InChI is InChI=1S/C19H20N2O6/c1-12(18(22)20-14-5-7-15(8-6-14)21(25)26)17(19(23)24)11-13-3-9-16(27-2)10-4-13/h3-10,12,17H,11H2,1-2H3,(H,20,22)(H,23,24). The zero-order valence-corrected chi connectivity index (χ0v) is 14.9. The molecule has 2 rings (SSSR count). The highest BCUT2D eigenvalue weighted by Gasteiger charge is 2.30. The maximum absolute atomic E-state index is 12.4. The summed E-state index contributed by atoms with van der Waals surface area (Å²) in [5, 5.41) is 22.8. The van der Waals surface area contributed by atoms with Gasteiger partial charge in [0.2, 0.25) is 5.91 Å². The number of anilines is 1. The molecule has 0 aliphatic carbocycles. The average molecular weight is 372 g/mol. The van der Waals surface area contributed by atoms with Crippen LogP contribution >= 0.6 is 0 Å². The minimum Gasteiger partial charge on any atom is -0.497 e. The number of nitrogens with one attached hydrogen (secondary N) is 1. The summed E-state index contributed by atoms with van der Waals surface area (Å²) < 4.78 is 5.07. The predicted octanol–water partition coefficient (Wildman–Crippen LogP) is 3.12. The SMILES string of the molecule is COc1ccc(CC(C(=O)O)C(C)C(=O)Nc2ccc([N+](=O)[O-])cc2)cc1. The lowest BCUT2D eigenvalue weighted by Gasteiger charge is -2.20. The second-order valence-corrected chi connectivity index (χ2v) is 6.08. The molecular weight excluding hydrogens is 352 g/mol. The van der Waals surface area contributed by atoms with Crippen LogP contribution in [0.15, 0.2) is 48.5 Å². The molecule has 27 heavy (non-hydrogen) atoms. The summed E-state index contributed by atoms with van der Waals surface area (Å²) in [6.07, 6.45) is 0.189. The molecule has 0 fully saturated rings. The van der Waals surface area contributed by atoms with Crippen molar-refractivity contribution in [2.45, 2.75) is 13.3 Å². The number of nitrogens with zero attached hydrogens (tertiary/aromatic N) is 1. The van der Waals surface area contributed by atoms with Crippen LogP contribution in [0.1, 0.15) is 12.5 Å². The van der Waals surface area contributed by atoms with Gasteiger partial charge in [0.1, 0.15) is 5.75 Å². The van der Waals surface area contributed by atoms with Gasteiger partial charge < -0.3 is 15.2 Å². The number of aliphatic carboxylic acids is 1. The Morgan fingerprint density at radius 3 is 2.22 bits per heavy atom. The van der Waals surface area contributed by atoms with Crippen molar-refractivity contribution in [2.24, 2.45) is 11.8 Å². The fourth-order valence-electron chi connectivity index (χ4n) is 2.60. The molecule has 0 saturated heterocycles. The molecule has 2 aromatic carbocycles. The smallest absolute Gasteiger partial charge is 0.307 e. The van der Waals surface area contributed by atoms with E-state index in [0.29, 0.717) is 11.4 Å². The number of nitro groups is 1. The van der Waals surface area contributed by atoms with Crippen molar-refractivity contribution in [1.82, 2.24) is 0 Å². The van der Waals surface area contributed by atoms with Crippen molar-refractivity contribution in [1.29, 1.82) is 0 Å². The second kappa shape index (κ2) is 8.79. The molecule has 2 unspecified atom stereocenters. The molecule has 0 saturated carbocycles. The Balaban J connectivity index is 2.07. The van der Waals surface area contributed by atoms with Crippen LogP contribution in [0.4, 0.5) is 11.4 Å². The van der Waals surface area contributed by atoms with Gasteiger partial charge in [0, 0.05) is 23.7 Å². The van der Waals surface area contributed by atoms with Gasteiger partial charge in [-0.25, -0.2) is 0 Å². The number of benzene rings is 2. The highest BCUT2D eigenvalue weighted by atomic mass is 16.6. The number of hydrogen-bond acceptors (Lipinski definition) is 5. The number of non-ortho nitro benzene ring substituents is 1. The number of carbonyl (C=O) groups excluding carboxylic acids is 1. The summed E-state index contributed by atoms with van der Waals surface area (Å²) in [5.74, 6) is -2.60. The van der Waals surface area contributed by atoms with Crippen molar-refractivity contribution in [3.05, 3.63) is 64.2 Å². The Labute approximate surface area is 155 Å². The maximum atomic E-state index is 12.4. The topological polar surface area (TPSA) is 119 Å². The Kier molecular flexibility index (Phi) is 6.48. The van der Waals surface area contributed by atoms with Gasteiger partial charge in [-0.3, -0.25) is 19.7 Å². The highest BCUT2D eigenvalue weighted by Crippen LogP contribution is 2.22. The van der Waals surface area contributed by atoms with E-state index in [1.165, 1.54) is 24.3 Å². The third-order valence-electron chi connectivity index (χ3n) is 4.29. The number of methoxy groups -OCH3 is 1. The molecule has 2 N–H and O–H groups in total. The minimum atomic E-state index is -1.07. The molecule has 142 valence electrons. The van der Waals surface area contributed by atoms with Crippen molar-refractivity contribution >= 4 is 23.3 Å². The maximum Gasteiger partial charge on any atom is 0.307 e. The van der Waals surface area contributed by atoms with Gasteiger partial charge in [0.15, 0.2) is 0 Å². The van der Waals surface area contributed by atoms with E-state index in [4.69, 9.17) is 4.74 Å². The summed E-state index contributed by atoms with van der Waals surface area (Å²) in [6.45, 7) is 1.54. The largest absolute Gasteiger partial charge is 0.497 e. The van der Waals surface area contributed by atoms with Crippen molar-refractivity contribution in [3.8, 4) is 5.75 Å². The molecule has 0 spiro atoms. The zero-order valence-electron chi connectivity index (χ0n) is 14.9. The first-order valence-electron chi connectivity index (χ1n) is 8.23. The van der Waals surface area contributed by atoms with Gasteiger partial charge >= 0.3 is 5.97 Å². The molecule has 0 aliphatic heterocycles. The summed E-state index contributed by atoms with van der Waals surface area (Å²) >= 11 is 0. The van der Waals surface area contributed by atoms with E-state index in [-0.39, 0.29) is 12.1 Å². The lowest BCUT2D eigenvalue weighted by atomic mass is 9.87. The fraction of sp³-hybridized carbons (Fsp3) is 0.263.